The number of alkyl halides is 3. The fourth-order valence-electron chi connectivity index (χ4n) is 1.13. The van der Waals surface area contributed by atoms with E-state index in [1.165, 1.54) is 0 Å². The maximum atomic E-state index is 11.9. The molecule has 0 fully saturated rings. The summed E-state index contributed by atoms with van der Waals surface area (Å²) in [6, 6.07) is 0. The van der Waals surface area contributed by atoms with Gasteiger partial charge in [0.1, 0.15) is 0 Å². The molecule has 0 aromatic heterocycles. The van der Waals surface area contributed by atoms with Crippen molar-refractivity contribution in [2.24, 2.45) is 0 Å². The quantitative estimate of drug-likeness (QED) is 0.670. The third-order valence-electron chi connectivity index (χ3n) is 2.13. The Bertz CT molecular complexity index is 207. The van der Waals surface area contributed by atoms with Gasteiger partial charge < -0.3 is 10.4 Å². The zero-order valence-electron chi connectivity index (χ0n) is 9.31. The Morgan fingerprint density at radius 1 is 1.31 bits per heavy atom. The lowest BCUT2D eigenvalue weighted by Gasteiger charge is -2.14. The first-order valence-electron chi connectivity index (χ1n) is 5.39. The van der Waals surface area contributed by atoms with E-state index in [0.29, 0.717) is 6.42 Å². The average Bonchev–Trinajstić information content (AvgIpc) is 2.19. The summed E-state index contributed by atoms with van der Waals surface area (Å²) in [6.45, 7) is 1.26. The fraction of sp³-hybridized carbons (Fsp3) is 0.900. The summed E-state index contributed by atoms with van der Waals surface area (Å²) in [6.07, 6.45) is -3.33. The van der Waals surface area contributed by atoms with Crippen LogP contribution < -0.4 is 5.32 Å². The van der Waals surface area contributed by atoms with Crippen molar-refractivity contribution in [2.45, 2.75) is 51.3 Å². The van der Waals surface area contributed by atoms with Crippen LogP contribution in [0.25, 0.3) is 0 Å². The molecule has 0 rings (SSSR count). The highest BCUT2D eigenvalue weighted by molar-refractivity contribution is 5.75. The number of aliphatic hydroxyl groups excluding tert-OH is 1. The Kier molecular flexibility index (Phi) is 7.12. The van der Waals surface area contributed by atoms with Crippen molar-refractivity contribution in [3.8, 4) is 0 Å². The number of aliphatic hydroxyl groups is 1. The lowest BCUT2D eigenvalue weighted by Crippen LogP contribution is -2.40. The molecule has 0 saturated heterocycles. The van der Waals surface area contributed by atoms with Crippen molar-refractivity contribution in [1.82, 2.24) is 5.32 Å². The summed E-state index contributed by atoms with van der Waals surface area (Å²) in [7, 11) is 0. The first-order valence-corrected chi connectivity index (χ1v) is 5.39. The van der Waals surface area contributed by atoms with Gasteiger partial charge in [-0.15, -0.1) is 0 Å². The molecule has 1 atom stereocenters. The van der Waals surface area contributed by atoms with Crippen LogP contribution in [0.4, 0.5) is 13.2 Å². The number of rotatable bonds is 7. The molecule has 0 aliphatic carbocycles. The SMILES string of the molecule is CCCCCCC(=O)NCC(O)C(F)(F)F. The van der Waals surface area contributed by atoms with E-state index in [2.05, 4.69) is 5.32 Å². The fourth-order valence-corrected chi connectivity index (χ4v) is 1.13. The zero-order chi connectivity index (χ0) is 12.6. The predicted octanol–water partition coefficient (Wildman–Crippen LogP) is 2.00. The smallest absolute Gasteiger partial charge is 0.382 e. The number of amides is 1. The van der Waals surface area contributed by atoms with Crippen LogP contribution in [0.15, 0.2) is 0 Å². The van der Waals surface area contributed by atoms with Crippen molar-refractivity contribution >= 4 is 5.91 Å². The highest BCUT2D eigenvalue weighted by Crippen LogP contribution is 2.19. The number of hydrogen-bond donors (Lipinski definition) is 2. The van der Waals surface area contributed by atoms with Crippen molar-refractivity contribution < 1.29 is 23.1 Å². The first-order chi connectivity index (χ1) is 7.38. The van der Waals surface area contributed by atoms with Gasteiger partial charge in [0.25, 0.3) is 0 Å². The van der Waals surface area contributed by atoms with Crippen LogP contribution >= 0.6 is 0 Å². The van der Waals surface area contributed by atoms with E-state index in [0.717, 1.165) is 19.3 Å². The third-order valence-corrected chi connectivity index (χ3v) is 2.13. The van der Waals surface area contributed by atoms with Crippen molar-refractivity contribution in [3.05, 3.63) is 0 Å². The van der Waals surface area contributed by atoms with Crippen LogP contribution in [-0.2, 0) is 4.79 Å². The van der Waals surface area contributed by atoms with Crippen LogP contribution in [0, 0.1) is 0 Å². The second-order valence-corrected chi connectivity index (χ2v) is 3.67. The van der Waals surface area contributed by atoms with Gasteiger partial charge in [-0.3, -0.25) is 4.79 Å². The maximum Gasteiger partial charge on any atom is 0.416 e. The van der Waals surface area contributed by atoms with E-state index in [1.54, 1.807) is 0 Å². The molecular formula is C10H18F3NO2. The highest BCUT2D eigenvalue weighted by Gasteiger charge is 2.38. The molecule has 0 aromatic carbocycles. The summed E-state index contributed by atoms with van der Waals surface area (Å²) in [5.41, 5.74) is 0. The maximum absolute atomic E-state index is 11.9. The molecule has 16 heavy (non-hydrogen) atoms. The number of hydrogen-bond acceptors (Lipinski definition) is 2. The summed E-state index contributed by atoms with van der Waals surface area (Å²) >= 11 is 0. The Morgan fingerprint density at radius 3 is 2.44 bits per heavy atom. The molecule has 0 heterocycles. The molecular weight excluding hydrogens is 223 g/mol. The summed E-state index contributed by atoms with van der Waals surface area (Å²) in [5.74, 6) is -0.445. The standard InChI is InChI=1S/C10H18F3NO2/c1-2-3-4-5-6-9(16)14-7-8(15)10(11,12)13/h8,15H,2-7H2,1H3,(H,14,16). The van der Waals surface area contributed by atoms with E-state index in [4.69, 9.17) is 5.11 Å². The van der Waals surface area contributed by atoms with Gasteiger partial charge in [0.15, 0.2) is 6.10 Å². The third kappa shape index (κ3) is 7.50. The Hall–Kier alpha value is -0.780. The number of carbonyl (C=O) groups excluding carboxylic acids is 1. The first kappa shape index (κ1) is 15.2. The van der Waals surface area contributed by atoms with Crippen LogP contribution in [0.5, 0.6) is 0 Å². The van der Waals surface area contributed by atoms with E-state index in [1.807, 2.05) is 6.92 Å². The van der Waals surface area contributed by atoms with Crippen LogP contribution in [-0.4, -0.2) is 29.8 Å². The monoisotopic (exact) mass is 241 g/mol. The van der Waals surface area contributed by atoms with Gasteiger partial charge in [0, 0.05) is 6.42 Å². The lowest BCUT2D eigenvalue weighted by atomic mass is 10.1. The van der Waals surface area contributed by atoms with Crippen molar-refractivity contribution in [2.75, 3.05) is 6.54 Å². The van der Waals surface area contributed by atoms with Gasteiger partial charge in [-0.2, -0.15) is 13.2 Å². The molecule has 1 amide bonds. The molecule has 3 nitrogen and oxygen atoms in total. The minimum absolute atomic E-state index is 0.213. The molecule has 0 radical (unpaired) electrons. The number of carbonyl (C=O) groups is 1. The van der Waals surface area contributed by atoms with Crippen LogP contribution in [0.1, 0.15) is 39.0 Å². The Balaban J connectivity index is 3.58. The molecule has 2 N–H and O–H groups in total. The van der Waals surface area contributed by atoms with Crippen molar-refractivity contribution in [1.29, 1.82) is 0 Å². The number of unbranched alkanes of at least 4 members (excludes halogenated alkanes) is 3. The minimum Gasteiger partial charge on any atom is -0.382 e. The highest BCUT2D eigenvalue weighted by atomic mass is 19.4. The molecule has 0 saturated carbocycles. The molecule has 0 spiro atoms. The largest absolute Gasteiger partial charge is 0.416 e. The summed E-state index contributed by atoms with van der Waals surface area (Å²) in [4.78, 5) is 11.0. The normalized spacial score (nSPS) is 13.6. The zero-order valence-corrected chi connectivity index (χ0v) is 9.31. The second kappa shape index (κ2) is 7.49. The topological polar surface area (TPSA) is 49.3 Å². The van der Waals surface area contributed by atoms with E-state index in [9.17, 15) is 18.0 Å². The van der Waals surface area contributed by atoms with E-state index in [-0.39, 0.29) is 6.42 Å². The van der Waals surface area contributed by atoms with E-state index < -0.39 is 24.7 Å². The molecule has 6 heteroatoms. The minimum atomic E-state index is -4.67. The average molecular weight is 241 g/mol. The van der Waals surface area contributed by atoms with Gasteiger partial charge in [-0.25, -0.2) is 0 Å². The summed E-state index contributed by atoms with van der Waals surface area (Å²) < 4.78 is 35.6. The van der Waals surface area contributed by atoms with Gasteiger partial charge in [-0.1, -0.05) is 26.2 Å². The van der Waals surface area contributed by atoms with Crippen molar-refractivity contribution in [3.63, 3.8) is 0 Å². The van der Waals surface area contributed by atoms with Gasteiger partial charge in [0.2, 0.25) is 5.91 Å². The Morgan fingerprint density at radius 2 is 1.94 bits per heavy atom. The predicted molar refractivity (Wildman–Crippen MR) is 53.8 cm³/mol. The van der Waals surface area contributed by atoms with Gasteiger partial charge in [-0.05, 0) is 6.42 Å². The molecule has 96 valence electrons. The molecule has 1 unspecified atom stereocenters. The molecule has 0 aromatic rings. The van der Waals surface area contributed by atoms with Gasteiger partial charge >= 0.3 is 6.18 Å². The molecule has 0 aliphatic heterocycles. The number of nitrogens with one attached hydrogen (secondary N) is 1. The molecule has 0 aliphatic rings. The Labute approximate surface area is 93.0 Å². The lowest BCUT2D eigenvalue weighted by molar-refractivity contribution is -0.201. The molecule has 0 bridgehead atoms. The van der Waals surface area contributed by atoms with Gasteiger partial charge in [0.05, 0.1) is 6.54 Å². The number of halogens is 3. The summed E-state index contributed by atoms with van der Waals surface area (Å²) in [5, 5.41) is 10.7. The second-order valence-electron chi connectivity index (χ2n) is 3.67. The van der Waals surface area contributed by atoms with Crippen LogP contribution in [0.2, 0.25) is 0 Å². The van der Waals surface area contributed by atoms with Crippen LogP contribution in [0.3, 0.4) is 0 Å². The van der Waals surface area contributed by atoms with E-state index >= 15 is 0 Å².